The molecule has 0 bridgehead atoms. The number of aryl methyl sites for hydroxylation is 1. The zero-order valence-corrected chi connectivity index (χ0v) is 16.2. The standard InChI is InChI=1S/C18H19ClF5N3O/c1-9(2)12-5-4-11(19)6-10(12)7-27(8-13(20)21)18(28)14-15(16(22)23)25-26(3)17(14)24/h4-6,9,13,16H,7-8H2,1-3H3. The van der Waals surface area contributed by atoms with Crippen molar-refractivity contribution in [3.05, 3.63) is 51.6 Å². The summed E-state index contributed by atoms with van der Waals surface area (Å²) in [7, 11) is 1.04. The molecule has 0 aliphatic carbocycles. The molecule has 10 heteroatoms. The quantitative estimate of drug-likeness (QED) is 0.575. The minimum absolute atomic E-state index is 0.0116. The van der Waals surface area contributed by atoms with Crippen molar-refractivity contribution < 1.29 is 26.7 Å². The van der Waals surface area contributed by atoms with E-state index in [1.54, 1.807) is 12.1 Å². The Morgan fingerprint density at radius 1 is 1.25 bits per heavy atom. The minimum Gasteiger partial charge on any atom is -0.328 e. The van der Waals surface area contributed by atoms with Crippen LogP contribution in [0.3, 0.4) is 0 Å². The Balaban J connectivity index is 2.49. The third kappa shape index (κ3) is 4.81. The average molecular weight is 424 g/mol. The van der Waals surface area contributed by atoms with E-state index in [1.165, 1.54) is 6.07 Å². The molecule has 2 aromatic rings. The van der Waals surface area contributed by atoms with Gasteiger partial charge in [0.1, 0.15) is 11.3 Å². The molecule has 2 rings (SSSR count). The summed E-state index contributed by atoms with van der Waals surface area (Å²) in [5, 5.41) is 3.62. The third-order valence-corrected chi connectivity index (χ3v) is 4.39. The van der Waals surface area contributed by atoms with Crippen LogP contribution in [0.15, 0.2) is 18.2 Å². The molecule has 1 amide bonds. The molecule has 0 radical (unpaired) electrons. The number of alkyl halides is 4. The Labute approximate surface area is 163 Å². The van der Waals surface area contributed by atoms with Crippen LogP contribution in [0.4, 0.5) is 22.0 Å². The molecule has 0 atom stereocenters. The molecule has 0 N–H and O–H groups in total. The Hall–Kier alpha value is -2.16. The summed E-state index contributed by atoms with van der Waals surface area (Å²) in [6.07, 6.45) is -6.18. The SMILES string of the molecule is CC(C)c1ccc(Cl)cc1CN(CC(F)F)C(=O)c1c(C(F)F)nn(C)c1F. The third-order valence-electron chi connectivity index (χ3n) is 4.16. The van der Waals surface area contributed by atoms with E-state index >= 15 is 0 Å². The first-order valence-electron chi connectivity index (χ1n) is 8.39. The van der Waals surface area contributed by atoms with Crippen molar-refractivity contribution in [2.24, 2.45) is 7.05 Å². The van der Waals surface area contributed by atoms with Gasteiger partial charge in [0, 0.05) is 18.6 Å². The van der Waals surface area contributed by atoms with Crippen molar-refractivity contribution >= 4 is 17.5 Å². The molecular weight excluding hydrogens is 405 g/mol. The summed E-state index contributed by atoms with van der Waals surface area (Å²) in [6, 6.07) is 4.83. The van der Waals surface area contributed by atoms with Crippen LogP contribution in [0.25, 0.3) is 0 Å². The van der Waals surface area contributed by atoms with E-state index in [-0.39, 0.29) is 12.5 Å². The summed E-state index contributed by atoms with van der Waals surface area (Å²) in [4.78, 5) is 13.4. The van der Waals surface area contributed by atoms with Gasteiger partial charge in [-0.15, -0.1) is 0 Å². The number of carbonyl (C=O) groups is 1. The molecule has 0 aliphatic heterocycles. The van der Waals surface area contributed by atoms with Gasteiger partial charge in [0.25, 0.3) is 18.8 Å². The second-order valence-corrected chi connectivity index (χ2v) is 6.99. The minimum atomic E-state index is -3.24. The number of benzene rings is 1. The zero-order chi connectivity index (χ0) is 21.2. The van der Waals surface area contributed by atoms with Crippen LogP contribution in [0.5, 0.6) is 0 Å². The lowest BCUT2D eigenvalue weighted by Crippen LogP contribution is -2.36. The van der Waals surface area contributed by atoms with Gasteiger partial charge in [-0.3, -0.25) is 4.79 Å². The van der Waals surface area contributed by atoms with Gasteiger partial charge in [-0.05, 0) is 29.2 Å². The van der Waals surface area contributed by atoms with E-state index < -0.39 is 42.5 Å². The Morgan fingerprint density at radius 2 is 1.89 bits per heavy atom. The summed E-state index contributed by atoms with van der Waals surface area (Å²) in [5.41, 5.74) is -0.873. The van der Waals surface area contributed by atoms with Crippen molar-refractivity contribution in [2.75, 3.05) is 6.54 Å². The number of carbonyl (C=O) groups excluding carboxylic acids is 1. The second kappa shape index (κ2) is 8.89. The van der Waals surface area contributed by atoms with Crippen molar-refractivity contribution in [3.63, 3.8) is 0 Å². The molecule has 154 valence electrons. The molecular formula is C18H19ClF5N3O. The fourth-order valence-electron chi connectivity index (χ4n) is 2.90. The van der Waals surface area contributed by atoms with Crippen LogP contribution in [0.2, 0.25) is 5.02 Å². The number of nitrogens with zero attached hydrogens (tertiary/aromatic N) is 3. The monoisotopic (exact) mass is 423 g/mol. The molecule has 1 heterocycles. The lowest BCUT2D eigenvalue weighted by atomic mass is 9.96. The molecule has 0 saturated carbocycles. The van der Waals surface area contributed by atoms with E-state index in [0.717, 1.165) is 12.6 Å². The van der Waals surface area contributed by atoms with Crippen molar-refractivity contribution in [3.8, 4) is 0 Å². The summed E-state index contributed by atoms with van der Waals surface area (Å²) < 4.78 is 67.3. The molecule has 4 nitrogen and oxygen atoms in total. The predicted molar refractivity (Wildman–Crippen MR) is 94.4 cm³/mol. The van der Waals surface area contributed by atoms with E-state index in [0.29, 0.717) is 20.2 Å². The molecule has 1 aromatic carbocycles. The van der Waals surface area contributed by atoms with Gasteiger partial charge < -0.3 is 4.90 Å². The summed E-state index contributed by atoms with van der Waals surface area (Å²) in [5.74, 6) is -2.60. The normalized spacial score (nSPS) is 11.7. The summed E-state index contributed by atoms with van der Waals surface area (Å²) >= 11 is 5.98. The van der Waals surface area contributed by atoms with Crippen molar-refractivity contribution in [1.82, 2.24) is 14.7 Å². The van der Waals surface area contributed by atoms with E-state index in [9.17, 15) is 26.7 Å². The largest absolute Gasteiger partial charge is 0.328 e. The van der Waals surface area contributed by atoms with Crippen molar-refractivity contribution in [2.45, 2.75) is 39.2 Å². The maximum Gasteiger partial charge on any atom is 0.283 e. The number of rotatable bonds is 7. The van der Waals surface area contributed by atoms with Gasteiger partial charge >= 0.3 is 0 Å². The topological polar surface area (TPSA) is 38.1 Å². The van der Waals surface area contributed by atoms with Crippen molar-refractivity contribution in [1.29, 1.82) is 0 Å². The van der Waals surface area contributed by atoms with E-state index in [2.05, 4.69) is 5.10 Å². The average Bonchev–Trinajstić information content (AvgIpc) is 2.88. The van der Waals surface area contributed by atoms with E-state index in [1.807, 2.05) is 13.8 Å². The predicted octanol–water partition coefficient (Wildman–Crippen LogP) is 5.18. The fraction of sp³-hybridized carbons (Fsp3) is 0.444. The first-order valence-corrected chi connectivity index (χ1v) is 8.77. The maximum absolute atomic E-state index is 14.3. The summed E-state index contributed by atoms with van der Waals surface area (Å²) in [6.45, 7) is 2.33. The highest BCUT2D eigenvalue weighted by molar-refractivity contribution is 6.30. The number of hydrogen-bond donors (Lipinski definition) is 0. The molecule has 0 aliphatic rings. The van der Waals surface area contributed by atoms with Crippen LogP contribution in [-0.4, -0.2) is 33.6 Å². The van der Waals surface area contributed by atoms with Crippen LogP contribution >= 0.6 is 11.6 Å². The number of halogens is 6. The highest BCUT2D eigenvalue weighted by Crippen LogP contribution is 2.28. The molecule has 28 heavy (non-hydrogen) atoms. The highest BCUT2D eigenvalue weighted by Gasteiger charge is 2.32. The highest BCUT2D eigenvalue weighted by atomic mass is 35.5. The van der Waals surface area contributed by atoms with Gasteiger partial charge in [0.2, 0.25) is 5.95 Å². The molecule has 0 spiro atoms. The second-order valence-electron chi connectivity index (χ2n) is 6.55. The molecule has 0 saturated heterocycles. The van der Waals surface area contributed by atoms with Gasteiger partial charge in [-0.1, -0.05) is 31.5 Å². The van der Waals surface area contributed by atoms with E-state index in [4.69, 9.17) is 11.6 Å². The molecule has 0 fully saturated rings. The fourth-order valence-corrected chi connectivity index (χ4v) is 3.09. The Kier molecular flexibility index (Phi) is 7.03. The van der Waals surface area contributed by atoms with Crippen LogP contribution in [0, 0.1) is 5.95 Å². The number of aromatic nitrogens is 2. The van der Waals surface area contributed by atoms with Crippen LogP contribution < -0.4 is 0 Å². The lowest BCUT2D eigenvalue weighted by Gasteiger charge is -2.24. The van der Waals surface area contributed by atoms with Crippen LogP contribution in [-0.2, 0) is 13.6 Å². The van der Waals surface area contributed by atoms with Crippen LogP contribution in [0.1, 0.15) is 53.4 Å². The number of amides is 1. The maximum atomic E-state index is 14.3. The van der Waals surface area contributed by atoms with Gasteiger partial charge in [-0.25, -0.2) is 22.2 Å². The van der Waals surface area contributed by atoms with Gasteiger partial charge in [0.05, 0.1) is 6.54 Å². The molecule has 1 aromatic heterocycles. The first-order chi connectivity index (χ1) is 13.0. The number of hydrogen-bond acceptors (Lipinski definition) is 2. The first kappa shape index (κ1) is 22.1. The van der Waals surface area contributed by atoms with Gasteiger partial charge in [-0.2, -0.15) is 9.49 Å². The smallest absolute Gasteiger partial charge is 0.283 e. The Bertz CT molecular complexity index is 854. The Morgan fingerprint density at radius 3 is 2.43 bits per heavy atom. The lowest BCUT2D eigenvalue weighted by molar-refractivity contribution is 0.0521. The molecule has 0 unspecified atom stereocenters. The van der Waals surface area contributed by atoms with Gasteiger partial charge in [0.15, 0.2) is 0 Å². The zero-order valence-electron chi connectivity index (χ0n) is 15.4.